The maximum absolute atomic E-state index is 12.7. The minimum atomic E-state index is -4.50. The van der Waals surface area contributed by atoms with Gasteiger partial charge < -0.3 is 5.32 Å². The van der Waals surface area contributed by atoms with Crippen LogP contribution in [0.5, 0.6) is 0 Å². The lowest BCUT2D eigenvalue weighted by Gasteiger charge is -2.11. The molecule has 0 aliphatic carbocycles. The summed E-state index contributed by atoms with van der Waals surface area (Å²) in [5.41, 5.74) is -0.612. The third kappa shape index (κ3) is 5.20. The molecule has 0 saturated carbocycles. The second-order valence-electron chi connectivity index (χ2n) is 5.34. The smallest absolute Gasteiger partial charge is 0.324 e. The summed E-state index contributed by atoms with van der Waals surface area (Å²) in [6.07, 6.45) is -3.81. The highest BCUT2D eigenvalue weighted by Crippen LogP contribution is 2.30. The molecule has 0 spiro atoms. The van der Waals surface area contributed by atoms with Crippen molar-refractivity contribution >= 4 is 33.0 Å². The van der Waals surface area contributed by atoms with Crippen molar-refractivity contribution in [2.45, 2.75) is 17.5 Å². The number of anilines is 1. The number of rotatable bonds is 4. The summed E-state index contributed by atoms with van der Waals surface area (Å²) in [5, 5.41) is 2.53. The largest absolute Gasteiger partial charge is 0.416 e. The zero-order chi connectivity index (χ0) is 18.8. The van der Waals surface area contributed by atoms with Crippen LogP contribution in [0.15, 0.2) is 47.4 Å². The van der Waals surface area contributed by atoms with Crippen LogP contribution in [0.3, 0.4) is 0 Å². The van der Waals surface area contributed by atoms with Gasteiger partial charge in [-0.25, -0.2) is 8.42 Å². The van der Waals surface area contributed by atoms with Crippen LogP contribution < -0.4 is 5.32 Å². The third-order valence-electron chi connectivity index (χ3n) is 3.26. The number of alkyl halides is 3. The monoisotopic (exact) mass is 391 g/mol. The molecule has 134 valence electrons. The fourth-order valence-electron chi connectivity index (χ4n) is 2.07. The molecule has 0 aliphatic heterocycles. The highest BCUT2D eigenvalue weighted by molar-refractivity contribution is 7.90. The average molecular weight is 392 g/mol. The Morgan fingerprint density at radius 2 is 1.84 bits per heavy atom. The van der Waals surface area contributed by atoms with Crippen molar-refractivity contribution in [3.63, 3.8) is 0 Å². The first-order valence-corrected chi connectivity index (χ1v) is 9.19. The Balaban J connectivity index is 2.19. The Hall–Kier alpha value is -2.06. The SMILES string of the molecule is CS(=O)(=O)c1ccc(Cl)c(NC(=O)Cc2cccc(C(F)(F)F)c2)c1. The molecule has 1 amide bonds. The fourth-order valence-corrected chi connectivity index (χ4v) is 2.88. The summed E-state index contributed by atoms with van der Waals surface area (Å²) in [5.74, 6) is -0.619. The molecule has 0 atom stereocenters. The molecule has 2 aromatic carbocycles. The van der Waals surface area contributed by atoms with Crippen molar-refractivity contribution in [2.75, 3.05) is 11.6 Å². The van der Waals surface area contributed by atoms with Gasteiger partial charge in [0.25, 0.3) is 0 Å². The van der Waals surface area contributed by atoms with Crippen molar-refractivity contribution in [3.05, 3.63) is 58.6 Å². The number of sulfone groups is 1. The van der Waals surface area contributed by atoms with E-state index in [1.165, 1.54) is 30.3 Å². The van der Waals surface area contributed by atoms with Gasteiger partial charge in [-0.2, -0.15) is 13.2 Å². The van der Waals surface area contributed by atoms with Crippen molar-refractivity contribution in [2.24, 2.45) is 0 Å². The van der Waals surface area contributed by atoms with Gasteiger partial charge in [-0.15, -0.1) is 0 Å². The van der Waals surface area contributed by atoms with Crippen LogP contribution in [0.4, 0.5) is 18.9 Å². The van der Waals surface area contributed by atoms with Crippen molar-refractivity contribution in [3.8, 4) is 0 Å². The standard InChI is InChI=1S/C16H13ClF3NO3S/c1-25(23,24)12-5-6-13(17)14(9-12)21-15(22)8-10-3-2-4-11(7-10)16(18,19)20/h2-7,9H,8H2,1H3,(H,21,22). The fraction of sp³-hybridized carbons (Fsp3) is 0.188. The van der Waals surface area contributed by atoms with Gasteiger partial charge >= 0.3 is 6.18 Å². The maximum atomic E-state index is 12.7. The Morgan fingerprint density at radius 3 is 2.44 bits per heavy atom. The average Bonchev–Trinajstić information content (AvgIpc) is 2.47. The second kappa shape index (κ2) is 7.05. The molecule has 0 fully saturated rings. The van der Waals surface area contributed by atoms with Crippen LogP contribution in [0.1, 0.15) is 11.1 Å². The zero-order valence-corrected chi connectivity index (χ0v) is 14.5. The van der Waals surface area contributed by atoms with E-state index in [2.05, 4.69) is 5.32 Å². The van der Waals surface area contributed by atoms with Gasteiger partial charge in [-0.1, -0.05) is 29.8 Å². The number of hydrogen-bond donors (Lipinski definition) is 1. The van der Waals surface area contributed by atoms with E-state index < -0.39 is 27.5 Å². The molecule has 2 aromatic rings. The number of hydrogen-bond acceptors (Lipinski definition) is 3. The molecule has 0 aliphatic rings. The summed E-state index contributed by atoms with van der Waals surface area (Å²) in [7, 11) is -3.49. The first-order chi connectivity index (χ1) is 11.5. The van der Waals surface area contributed by atoms with E-state index in [1.807, 2.05) is 0 Å². The molecule has 9 heteroatoms. The maximum Gasteiger partial charge on any atom is 0.416 e. The van der Waals surface area contributed by atoms with Crippen LogP contribution in [0.25, 0.3) is 0 Å². The van der Waals surface area contributed by atoms with Crippen LogP contribution in [0, 0.1) is 0 Å². The summed E-state index contributed by atoms with van der Waals surface area (Å²) >= 11 is 5.92. The summed E-state index contributed by atoms with van der Waals surface area (Å²) < 4.78 is 61.1. The lowest BCUT2D eigenvalue weighted by molar-refractivity contribution is -0.137. The van der Waals surface area contributed by atoms with E-state index in [-0.39, 0.29) is 27.6 Å². The van der Waals surface area contributed by atoms with E-state index in [4.69, 9.17) is 11.6 Å². The zero-order valence-electron chi connectivity index (χ0n) is 12.9. The number of nitrogens with one attached hydrogen (secondary N) is 1. The summed E-state index contributed by atoms with van der Waals surface area (Å²) in [6.45, 7) is 0. The molecule has 0 aromatic heterocycles. The predicted molar refractivity (Wildman–Crippen MR) is 88.3 cm³/mol. The Labute approximate surface area is 147 Å². The molecule has 1 N–H and O–H groups in total. The van der Waals surface area contributed by atoms with E-state index >= 15 is 0 Å². The van der Waals surface area contributed by atoms with Gasteiger partial charge in [0.2, 0.25) is 5.91 Å². The molecule has 4 nitrogen and oxygen atoms in total. The van der Waals surface area contributed by atoms with Crippen molar-refractivity contribution in [1.82, 2.24) is 0 Å². The molecule has 0 bridgehead atoms. The van der Waals surface area contributed by atoms with E-state index in [0.717, 1.165) is 18.4 Å². The van der Waals surface area contributed by atoms with Crippen LogP contribution >= 0.6 is 11.6 Å². The topological polar surface area (TPSA) is 63.2 Å². The lowest BCUT2D eigenvalue weighted by Crippen LogP contribution is -2.16. The van der Waals surface area contributed by atoms with Crippen molar-refractivity contribution < 1.29 is 26.4 Å². The quantitative estimate of drug-likeness (QED) is 0.858. The van der Waals surface area contributed by atoms with Gasteiger partial charge in [0.1, 0.15) is 0 Å². The summed E-state index contributed by atoms with van der Waals surface area (Å²) in [4.78, 5) is 12.0. The summed E-state index contributed by atoms with van der Waals surface area (Å²) in [6, 6.07) is 8.20. The molecule has 0 saturated heterocycles. The number of benzene rings is 2. The molecule has 0 radical (unpaired) electrons. The normalized spacial score (nSPS) is 12.0. The number of amides is 1. The van der Waals surface area contributed by atoms with Gasteiger partial charge in [0.05, 0.1) is 27.6 Å². The van der Waals surface area contributed by atoms with Crippen LogP contribution in [0.2, 0.25) is 5.02 Å². The van der Waals surface area contributed by atoms with Gasteiger partial charge in [-0.05, 0) is 29.8 Å². The van der Waals surface area contributed by atoms with Gasteiger partial charge in [0, 0.05) is 6.26 Å². The van der Waals surface area contributed by atoms with Crippen LogP contribution in [-0.4, -0.2) is 20.6 Å². The van der Waals surface area contributed by atoms with Crippen LogP contribution in [-0.2, 0) is 27.2 Å². The molecular formula is C16H13ClF3NO3S. The molecule has 25 heavy (non-hydrogen) atoms. The molecular weight excluding hydrogens is 379 g/mol. The predicted octanol–water partition coefficient (Wildman–Crippen LogP) is 3.94. The Morgan fingerprint density at radius 1 is 1.16 bits per heavy atom. The Kier molecular flexibility index (Phi) is 5.43. The highest BCUT2D eigenvalue weighted by Gasteiger charge is 2.30. The van der Waals surface area contributed by atoms with Crippen molar-refractivity contribution in [1.29, 1.82) is 0 Å². The first-order valence-electron chi connectivity index (χ1n) is 6.92. The van der Waals surface area contributed by atoms with E-state index in [0.29, 0.717) is 0 Å². The number of halogens is 4. The van der Waals surface area contributed by atoms with Gasteiger partial charge in [0.15, 0.2) is 9.84 Å². The lowest BCUT2D eigenvalue weighted by atomic mass is 10.1. The Bertz CT molecular complexity index is 911. The van der Waals surface area contributed by atoms with E-state index in [1.54, 1.807) is 0 Å². The molecule has 2 rings (SSSR count). The molecule has 0 unspecified atom stereocenters. The highest BCUT2D eigenvalue weighted by atomic mass is 35.5. The minimum Gasteiger partial charge on any atom is -0.324 e. The van der Waals surface area contributed by atoms with E-state index in [9.17, 15) is 26.4 Å². The minimum absolute atomic E-state index is 0.0359. The third-order valence-corrected chi connectivity index (χ3v) is 4.70. The first kappa shape index (κ1) is 19.3. The second-order valence-corrected chi connectivity index (χ2v) is 7.76. The molecule has 0 heterocycles. The van der Waals surface area contributed by atoms with Gasteiger partial charge in [-0.3, -0.25) is 4.79 Å². The number of carbonyl (C=O) groups excluding carboxylic acids is 1. The number of carbonyl (C=O) groups is 1.